The number of nitrogens with one attached hydrogen (secondary N) is 1. The minimum atomic E-state index is -3.63. The Kier molecular flexibility index (Phi) is 3.68. The van der Waals surface area contributed by atoms with Gasteiger partial charge in [-0.05, 0) is 31.2 Å². The first-order valence-corrected chi connectivity index (χ1v) is 8.21. The van der Waals surface area contributed by atoms with Crippen molar-refractivity contribution in [3.05, 3.63) is 72.8 Å². The highest BCUT2D eigenvalue weighted by Crippen LogP contribution is 2.23. The van der Waals surface area contributed by atoms with Crippen molar-refractivity contribution in [3.63, 3.8) is 0 Å². The van der Waals surface area contributed by atoms with Crippen LogP contribution in [0.5, 0.6) is 0 Å². The summed E-state index contributed by atoms with van der Waals surface area (Å²) in [6.45, 7) is 1.91. The maximum absolute atomic E-state index is 12.5. The van der Waals surface area contributed by atoms with Gasteiger partial charge in [0.1, 0.15) is 0 Å². The molecule has 112 valence electrons. The number of para-hydroxylation sites is 2. The van der Waals surface area contributed by atoms with Gasteiger partial charge in [-0.2, -0.15) is 0 Å². The topological polar surface area (TPSA) is 64.0 Å². The summed E-state index contributed by atoms with van der Waals surface area (Å²) in [6.07, 6.45) is 5.03. The van der Waals surface area contributed by atoms with Crippen LogP contribution in [0.1, 0.15) is 5.56 Å². The summed E-state index contributed by atoms with van der Waals surface area (Å²) in [6, 6.07) is 13.9. The van der Waals surface area contributed by atoms with Gasteiger partial charge >= 0.3 is 0 Å². The smallest absolute Gasteiger partial charge is 0.261 e. The van der Waals surface area contributed by atoms with Crippen LogP contribution in [0.15, 0.2) is 72.1 Å². The third-order valence-electron chi connectivity index (χ3n) is 3.26. The number of benzene rings is 2. The Hall–Kier alpha value is -2.60. The Labute approximate surface area is 129 Å². The van der Waals surface area contributed by atoms with E-state index in [2.05, 4.69) is 9.71 Å². The van der Waals surface area contributed by atoms with E-state index >= 15 is 0 Å². The second kappa shape index (κ2) is 5.65. The van der Waals surface area contributed by atoms with Gasteiger partial charge in [-0.15, -0.1) is 0 Å². The number of rotatable bonds is 4. The van der Waals surface area contributed by atoms with Crippen molar-refractivity contribution in [2.24, 2.45) is 0 Å². The summed E-state index contributed by atoms with van der Waals surface area (Å²) in [5.74, 6) is 0. The van der Waals surface area contributed by atoms with Gasteiger partial charge < -0.3 is 4.57 Å². The van der Waals surface area contributed by atoms with Gasteiger partial charge in [0, 0.05) is 12.4 Å². The fourth-order valence-corrected chi connectivity index (χ4v) is 3.18. The standard InChI is InChI=1S/C16H15N3O2S/c1-13-6-8-14(9-7-13)22(20,21)18-15-4-2-3-5-16(15)19-11-10-17-12-19/h2-12,18H,1H3. The molecule has 0 aliphatic carbocycles. The fourth-order valence-electron chi connectivity index (χ4n) is 2.11. The zero-order chi connectivity index (χ0) is 15.6. The number of anilines is 1. The maximum atomic E-state index is 12.5. The van der Waals surface area contributed by atoms with Crippen LogP contribution in [0.2, 0.25) is 0 Å². The number of imidazole rings is 1. The zero-order valence-electron chi connectivity index (χ0n) is 12.0. The van der Waals surface area contributed by atoms with E-state index in [0.29, 0.717) is 5.69 Å². The van der Waals surface area contributed by atoms with Crippen LogP contribution < -0.4 is 4.72 Å². The van der Waals surface area contributed by atoms with Gasteiger partial charge in [0.05, 0.1) is 22.6 Å². The molecule has 22 heavy (non-hydrogen) atoms. The molecule has 0 radical (unpaired) electrons. The lowest BCUT2D eigenvalue weighted by atomic mass is 10.2. The van der Waals surface area contributed by atoms with E-state index in [9.17, 15) is 8.42 Å². The highest BCUT2D eigenvalue weighted by atomic mass is 32.2. The van der Waals surface area contributed by atoms with Gasteiger partial charge in [0.25, 0.3) is 10.0 Å². The first kappa shape index (κ1) is 14.3. The first-order chi connectivity index (χ1) is 10.6. The molecule has 0 spiro atoms. The lowest BCUT2D eigenvalue weighted by Crippen LogP contribution is -2.14. The van der Waals surface area contributed by atoms with Crippen molar-refractivity contribution in [3.8, 4) is 5.69 Å². The summed E-state index contributed by atoms with van der Waals surface area (Å²) in [5.41, 5.74) is 2.23. The van der Waals surface area contributed by atoms with Gasteiger partial charge in [-0.25, -0.2) is 13.4 Å². The van der Waals surface area contributed by atoms with Crippen LogP contribution >= 0.6 is 0 Å². The molecular weight excluding hydrogens is 298 g/mol. The Morgan fingerprint density at radius 1 is 1.05 bits per heavy atom. The molecule has 6 heteroatoms. The van der Waals surface area contributed by atoms with Crippen LogP contribution in [-0.2, 0) is 10.0 Å². The van der Waals surface area contributed by atoms with Crippen LogP contribution in [0.4, 0.5) is 5.69 Å². The summed E-state index contributed by atoms with van der Waals surface area (Å²) >= 11 is 0. The van der Waals surface area contributed by atoms with Crippen molar-refractivity contribution in [1.82, 2.24) is 9.55 Å². The lowest BCUT2D eigenvalue weighted by molar-refractivity contribution is 0.601. The third kappa shape index (κ3) is 2.87. The molecule has 0 aliphatic rings. The van der Waals surface area contributed by atoms with Crippen LogP contribution in [0.3, 0.4) is 0 Å². The quantitative estimate of drug-likeness (QED) is 0.805. The molecule has 0 unspecified atom stereocenters. The predicted molar refractivity (Wildman–Crippen MR) is 85.6 cm³/mol. The van der Waals surface area contributed by atoms with Crippen molar-refractivity contribution in [2.75, 3.05) is 4.72 Å². The van der Waals surface area contributed by atoms with Crippen molar-refractivity contribution in [1.29, 1.82) is 0 Å². The molecule has 0 amide bonds. The molecule has 0 saturated heterocycles. The summed E-state index contributed by atoms with van der Waals surface area (Å²) in [7, 11) is -3.63. The molecule has 1 aromatic heterocycles. The van der Waals surface area contributed by atoms with Crippen molar-refractivity contribution in [2.45, 2.75) is 11.8 Å². The Bertz CT molecular complexity index is 870. The Morgan fingerprint density at radius 2 is 1.77 bits per heavy atom. The average Bonchev–Trinajstić information content (AvgIpc) is 3.02. The molecule has 3 rings (SSSR count). The molecule has 3 aromatic rings. The second-order valence-corrected chi connectivity index (χ2v) is 6.59. The molecule has 1 N–H and O–H groups in total. The van der Waals surface area contributed by atoms with Gasteiger partial charge in [-0.1, -0.05) is 29.8 Å². The van der Waals surface area contributed by atoms with Crippen molar-refractivity contribution < 1.29 is 8.42 Å². The third-order valence-corrected chi connectivity index (χ3v) is 4.64. The van der Waals surface area contributed by atoms with E-state index in [-0.39, 0.29) is 4.90 Å². The molecule has 1 heterocycles. The monoisotopic (exact) mass is 313 g/mol. The summed E-state index contributed by atoms with van der Waals surface area (Å²) in [4.78, 5) is 4.22. The van der Waals surface area contributed by atoms with Gasteiger partial charge in [-0.3, -0.25) is 4.72 Å². The molecule has 0 fully saturated rings. The predicted octanol–water partition coefficient (Wildman–Crippen LogP) is 2.98. The lowest BCUT2D eigenvalue weighted by Gasteiger charge is -2.13. The molecule has 0 saturated carbocycles. The molecule has 0 aliphatic heterocycles. The maximum Gasteiger partial charge on any atom is 0.261 e. The Balaban J connectivity index is 1.98. The van der Waals surface area contributed by atoms with Crippen LogP contribution in [0, 0.1) is 6.92 Å². The molecule has 0 bridgehead atoms. The van der Waals surface area contributed by atoms with Gasteiger partial charge in [0.2, 0.25) is 0 Å². The highest BCUT2D eigenvalue weighted by molar-refractivity contribution is 7.92. The molecular formula is C16H15N3O2S. The highest BCUT2D eigenvalue weighted by Gasteiger charge is 2.16. The van der Waals surface area contributed by atoms with Crippen molar-refractivity contribution >= 4 is 15.7 Å². The number of aryl methyl sites for hydroxylation is 1. The number of aromatic nitrogens is 2. The summed E-state index contributed by atoms with van der Waals surface area (Å²) in [5, 5.41) is 0. The van der Waals surface area contributed by atoms with Crippen LogP contribution in [0.25, 0.3) is 5.69 Å². The second-order valence-electron chi connectivity index (χ2n) is 4.91. The van der Waals surface area contributed by atoms with Crippen LogP contribution in [-0.4, -0.2) is 18.0 Å². The van der Waals surface area contributed by atoms with E-state index in [0.717, 1.165) is 11.3 Å². The number of sulfonamides is 1. The molecule has 2 aromatic carbocycles. The molecule has 5 nitrogen and oxygen atoms in total. The number of hydrogen-bond donors (Lipinski definition) is 1. The minimum Gasteiger partial charge on any atom is -0.304 e. The van der Waals surface area contributed by atoms with E-state index in [1.807, 2.05) is 19.1 Å². The average molecular weight is 313 g/mol. The first-order valence-electron chi connectivity index (χ1n) is 6.73. The molecule has 0 atom stereocenters. The van der Waals surface area contributed by atoms with E-state index < -0.39 is 10.0 Å². The van der Waals surface area contributed by atoms with E-state index in [1.165, 1.54) is 0 Å². The largest absolute Gasteiger partial charge is 0.304 e. The van der Waals surface area contributed by atoms with Gasteiger partial charge in [0.15, 0.2) is 0 Å². The summed E-state index contributed by atoms with van der Waals surface area (Å²) < 4.78 is 29.4. The number of nitrogens with zero attached hydrogens (tertiary/aromatic N) is 2. The zero-order valence-corrected chi connectivity index (χ0v) is 12.8. The number of hydrogen-bond acceptors (Lipinski definition) is 3. The van der Waals surface area contributed by atoms with E-state index in [1.54, 1.807) is 59.7 Å². The normalized spacial score (nSPS) is 11.3. The minimum absolute atomic E-state index is 0.235. The SMILES string of the molecule is Cc1ccc(S(=O)(=O)Nc2ccccc2-n2ccnc2)cc1. The Morgan fingerprint density at radius 3 is 2.45 bits per heavy atom. The fraction of sp³-hybridized carbons (Fsp3) is 0.0625. The van der Waals surface area contributed by atoms with E-state index in [4.69, 9.17) is 0 Å².